The maximum atomic E-state index is 15.2. The van der Waals surface area contributed by atoms with Gasteiger partial charge in [0.15, 0.2) is 11.8 Å². The van der Waals surface area contributed by atoms with E-state index in [0.29, 0.717) is 30.8 Å². The van der Waals surface area contributed by atoms with Gasteiger partial charge in [-0.2, -0.15) is 5.06 Å². The second kappa shape index (κ2) is 18.1. The molecule has 3 aliphatic carbocycles. The molecule has 1 aromatic rings. The Morgan fingerprint density at radius 1 is 0.984 bits per heavy atom. The van der Waals surface area contributed by atoms with Gasteiger partial charge in [0.1, 0.15) is 35.4 Å². The average molecular weight is 877 g/mol. The fourth-order valence-electron chi connectivity index (χ4n) is 12.3. The van der Waals surface area contributed by atoms with Crippen molar-refractivity contribution in [2.75, 3.05) is 6.61 Å². The topological polar surface area (TPSA) is 145 Å². The lowest BCUT2D eigenvalue weighted by Crippen LogP contribution is -2.70. The predicted molar refractivity (Wildman–Crippen MR) is 238 cm³/mol. The van der Waals surface area contributed by atoms with Crippen LogP contribution in [0.5, 0.6) is 0 Å². The van der Waals surface area contributed by atoms with Crippen molar-refractivity contribution < 1.29 is 48.0 Å². The molecule has 63 heavy (non-hydrogen) atoms. The summed E-state index contributed by atoms with van der Waals surface area (Å²) in [6, 6.07) is 6.46. The third-order valence-corrected chi connectivity index (χ3v) is 15.8. The van der Waals surface area contributed by atoms with Gasteiger partial charge in [0, 0.05) is 25.7 Å². The summed E-state index contributed by atoms with van der Waals surface area (Å²) < 4.78 is 32.2. The van der Waals surface area contributed by atoms with Crippen LogP contribution < -0.4 is 5.32 Å². The maximum Gasteiger partial charge on any atom is 0.327 e. The Morgan fingerprint density at radius 2 is 1.70 bits per heavy atom. The molecule has 7 aliphatic rings. The highest BCUT2D eigenvalue weighted by molar-refractivity contribution is 5.94. The summed E-state index contributed by atoms with van der Waals surface area (Å²) in [6.07, 6.45) is 13.0. The fraction of sp³-hybridized carbons (Fsp3) is 0.784. The molecule has 2 bridgehead atoms. The third kappa shape index (κ3) is 9.29. The molecule has 1 amide bonds. The van der Waals surface area contributed by atoms with E-state index >= 15 is 4.79 Å². The van der Waals surface area contributed by atoms with E-state index in [1.54, 1.807) is 25.8 Å². The quantitative estimate of drug-likeness (QED) is 0.0883. The largest absolute Gasteiger partial charge is 0.460 e. The highest BCUT2D eigenvalue weighted by atomic mass is 16.8. The van der Waals surface area contributed by atoms with Gasteiger partial charge in [-0.1, -0.05) is 89.3 Å². The van der Waals surface area contributed by atoms with Crippen LogP contribution in [-0.4, -0.2) is 94.2 Å². The number of carbonyl (C=O) groups is 3. The van der Waals surface area contributed by atoms with E-state index in [0.717, 1.165) is 81.8 Å². The number of aliphatic hydroxyl groups is 1. The van der Waals surface area contributed by atoms with Crippen LogP contribution in [0.25, 0.3) is 6.08 Å². The standard InChI is InChI=1S/C51H76N2O10/c1-9-11-15-24-50(25-16-12-10-2)61-41-38-29-51(46(57)52-35(31-54)20-22-40(55)60-47(3,4)5)43(45(56)58-38)53(63-44(51)42(41)62-50)30-34-18-14-13-17-32(34)27-33-19-21-39-49(8,59-39)26-23-37-36(33)28-48(37,6)7/h13-14,17-18,27,35-39,41-44,54H,9-12,15-16,19-26,28-31H2,1-8H3,(H,52,57)/t35-,36+,37+,38?,39?,41-,42-,43-,44+,49+,51?/m0/s1. The van der Waals surface area contributed by atoms with Crippen LogP contribution in [0.3, 0.4) is 0 Å². The van der Waals surface area contributed by atoms with Crippen molar-refractivity contribution in [2.24, 2.45) is 22.7 Å². The van der Waals surface area contributed by atoms with Crippen molar-refractivity contribution in [1.29, 1.82) is 0 Å². The number of hydrogen-bond donors (Lipinski definition) is 2. The summed E-state index contributed by atoms with van der Waals surface area (Å²) in [7, 11) is 0. The first kappa shape index (κ1) is 46.7. The first-order valence-electron chi connectivity index (χ1n) is 24.5. The predicted octanol–water partition coefficient (Wildman–Crippen LogP) is 8.50. The maximum absolute atomic E-state index is 15.2. The van der Waals surface area contributed by atoms with E-state index in [-0.39, 0.29) is 36.8 Å². The molecule has 8 rings (SSSR count). The molecule has 3 unspecified atom stereocenters. The Bertz CT molecular complexity index is 1860. The van der Waals surface area contributed by atoms with Crippen LogP contribution in [0, 0.1) is 22.7 Å². The number of esters is 2. The van der Waals surface area contributed by atoms with Crippen molar-refractivity contribution in [3.63, 3.8) is 0 Å². The minimum absolute atomic E-state index is 0.00361. The van der Waals surface area contributed by atoms with Crippen molar-refractivity contribution in [3.05, 3.63) is 41.0 Å². The van der Waals surface area contributed by atoms with Crippen molar-refractivity contribution in [3.8, 4) is 0 Å². The van der Waals surface area contributed by atoms with Gasteiger partial charge in [0.2, 0.25) is 5.91 Å². The number of benzene rings is 1. The van der Waals surface area contributed by atoms with Crippen LogP contribution in [0.1, 0.15) is 169 Å². The van der Waals surface area contributed by atoms with Crippen molar-refractivity contribution >= 4 is 23.9 Å². The number of hydroxylamine groups is 2. The number of aliphatic hydroxyl groups excluding tert-OH is 1. The van der Waals surface area contributed by atoms with Crippen LogP contribution >= 0.6 is 0 Å². The zero-order valence-corrected chi connectivity index (χ0v) is 39.4. The van der Waals surface area contributed by atoms with Gasteiger partial charge in [-0.15, -0.1) is 0 Å². The molecule has 4 saturated heterocycles. The summed E-state index contributed by atoms with van der Waals surface area (Å²) in [5.74, 6) is -1.15. The van der Waals surface area contributed by atoms with Crippen molar-refractivity contribution in [2.45, 2.75) is 224 Å². The molecule has 4 heterocycles. The summed E-state index contributed by atoms with van der Waals surface area (Å²) in [5, 5.41) is 15.3. The Kier molecular flexibility index (Phi) is 13.4. The van der Waals surface area contributed by atoms with Crippen molar-refractivity contribution in [1.82, 2.24) is 10.4 Å². The molecule has 350 valence electrons. The lowest BCUT2D eigenvalue weighted by atomic mass is 9.52. The zero-order chi connectivity index (χ0) is 45.0. The Labute approximate surface area is 375 Å². The second-order valence-corrected chi connectivity index (χ2v) is 22.0. The minimum Gasteiger partial charge on any atom is -0.460 e. The number of nitrogens with zero attached hydrogens (tertiary/aromatic N) is 1. The number of carbonyl (C=O) groups excluding carboxylic acids is 3. The average Bonchev–Trinajstić information content (AvgIpc) is 3.50. The lowest BCUT2D eigenvalue weighted by molar-refractivity contribution is -0.224. The number of hydrogen-bond acceptors (Lipinski definition) is 11. The smallest absolute Gasteiger partial charge is 0.327 e. The highest BCUT2D eigenvalue weighted by Gasteiger charge is 2.76. The molecule has 12 heteroatoms. The lowest BCUT2D eigenvalue weighted by Gasteiger charge is -2.53. The number of fused-ring (bicyclic) bond motifs is 6. The van der Waals surface area contributed by atoms with Gasteiger partial charge in [-0.3, -0.25) is 19.2 Å². The molecule has 7 fully saturated rings. The van der Waals surface area contributed by atoms with Crippen LogP contribution in [0.15, 0.2) is 29.8 Å². The molecular weight excluding hydrogens is 801 g/mol. The van der Waals surface area contributed by atoms with Crippen LogP contribution in [-0.2, 0) is 49.5 Å². The molecular formula is C51H76N2O10. The molecule has 3 saturated carbocycles. The van der Waals surface area contributed by atoms with E-state index in [1.807, 2.05) is 6.07 Å². The Balaban J connectivity index is 1.11. The molecule has 1 aromatic carbocycles. The molecule has 11 atom stereocenters. The monoisotopic (exact) mass is 877 g/mol. The highest BCUT2D eigenvalue weighted by Crippen LogP contribution is 2.61. The van der Waals surface area contributed by atoms with E-state index in [9.17, 15) is 14.7 Å². The first-order valence-corrected chi connectivity index (χ1v) is 24.5. The number of amides is 1. The SMILES string of the molecule is CCCCCC1(CCCCC)O[C@@H]2[C@H]3ON(Cc4ccccc4C=C4CCC5O[C@]5(C)CC[C@@H]5[C@@H]4CC5(C)C)[C@H]4C(=O)OC(CC34C(=O)N[C@H](CO)CCC(=O)OC(C)(C)C)[C@@H]2O1. The van der Waals surface area contributed by atoms with E-state index < -0.39 is 77.8 Å². The second-order valence-electron chi connectivity index (χ2n) is 22.0. The number of allylic oxidation sites excluding steroid dienone is 1. The van der Waals surface area contributed by atoms with E-state index in [2.05, 4.69) is 64.2 Å². The number of nitrogens with one attached hydrogen (secondary N) is 1. The normalized spacial score (nSPS) is 36.1. The molecule has 2 N–H and O–H groups in total. The molecule has 0 aromatic heterocycles. The van der Waals surface area contributed by atoms with Gasteiger partial charge in [-0.25, -0.2) is 0 Å². The third-order valence-electron chi connectivity index (χ3n) is 15.8. The minimum atomic E-state index is -1.42. The fourth-order valence-corrected chi connectivity index (χ4v) is 12.3. The van der Waals surface area contributed by atoms with Gasteiger partial charge in [-0.05, 0) is 107 Å². The summed E-state index contributed by atoms with van der Waals surface area (Å²) in [5.41, 5.74) is 1.71. The first-order chi connectivity index (χ1) is 29.9. The number of ether oxygens (including phenoxy) is 5. The number of unbranched alkanes of at least 4 members (excludes halogenated alkanes) is 4. The Morgan fingerprint density at radius 3 is 2.38 bits per heavy atom. The van der Waals surface area contributed by atoms with Crippen LogP contribution in [0.2, 0.25) is 0 Å². The number of epoxide rings is 1. The Hall–Kier alpha value is -2.87. The van der Waals surface area contributed by atoms with Gasteiger partial charge >= 0.3 is 11.9 Å². The molecule has 4 aliphatic heterocycles. The van der Waals surface area contributed by atoms with Gasteiger partial charge in [0.05, 0.1) is 30.9 Å². The van der Waals surface area contributed by atoms with E-state index in [1.165, 1.54) is 5.57 Å². The summed E-state index contributed by atoms with van der Waals surface area (Å²) in [4.78, 5) is 49.5. The number of rotatable bonds is 17. The van der Waals surface area contributed by atoms with Gasteiger partial charge < -0.3 is 34.1 Å². The zero-order valence-electron chi connectivity index (χ0n) is 39.4. The summed E-state index contributed by atoms with van der Waals surface area (Å²) >= 11 is 0. The molecule has 12 nitrogen and oxygen atoms in total. The molecule has 0 spiro atoms. The molecule has 0 radical (unpaired) electrons. The van der Waals surface area contributed by atoms with Crippen LogP contribution in [0.4, 0.5) is 0 Å². The van der Waals surface area contributed by atoms with E-state index in [4.69, 9.17) is 28.5 Å². The van der Waals surface area contributed by atoms with Gasteiger partial charge in [0.25, 0.3) is 0 Å². The summed E-state index contributed by atoms with van der Waals surface area (Å²) in [6.45, 7) is 16.7.